The zero-order valence-electron chi connectivity index (χ0n) is 32.9. The van der Waals surface area contributed by atoms with Gasteiger partial charge in [-0.25, -0.2) is 4.79 Å². The first-order valence-electron chi connectivity index (χ1n) is 19.9. The van der Waals surface area contributed by atoms with Crippen LogP contribution in [0.25, 0.3) is 39.1 Å². The summed E-state index contributed by atoms with van der Waals surface area (Å²) in [5.74, 6) is 1.86. The Morgan fingerprint density at radius 3 is 1.73 bits per heavy atom. The van der Waals surface area contributed by atoms with Crippen LogP contribution in [-0.2, 0) is 29.3 Å². The van der Waals surface area contributed by atoms with Gasteiger partial charge in [-0.05, 0) is 59.5 Å². The minimum Gasteiger partial charge on any atom is -0.491 e. The number of carbonyl (C=O) groups is 1. The largest absolute Gasteiger partial charge is 0.491 e. The van der Waals surface area contributed by atoms with Gasteiger partial charge in [-0.1, -0.05) is 66.7 Å². The molecule has 0 aromatic heterocycles. The SMILES string of the molecule is O=C(OCCCCl)c1c2c(c3cccc4c3c1-c1ccccc1-4)OC(c1ccc(OCCOCCOCCO)cc1)(c1ccc(OCCOCCOCCO)cc1)C=C2. The van der Waals surface area contributed by atoms with Crippen LogP contribution in [-0.4, -0.2) is 108 Å². The highest BCUT2D eigenvalue weighted by Crippen LogP contribution is 2.55. The van der Waals surface area contributed by atoms with Crippen LogP contribution in [0.3, 0.4) is 0 Å². The van der Waals surface area contributed by atoms with E-state index in [-0.39, 0.29) is 33.0 Å². The van der Waals surface area contributed by atoms with Gasteiger partial charge in [-0.3, -0.25) is 0 Å². The van der Waals surface area contributed by atoms with Gasteiger partial charge in [-0.15, -0.1) is 11.6 Å². The number of aliphatic hydroxyl groups is 2. The van der Waals surface area contributed by atoms with Crippen molar-refractivity contribution in [3.63, 3.8) is 0 Å². The van der Waals surface area contributed by atoms with Crippen LogP contribution in [0, 0.1) is 0 Å². The molecule has 0 atom stereocenters. The fraction of sp³-hybridized carbons (Fsp3) is 0.340. The summed E-state index contributed by atoms with van der Waals surface area (Å²) in [5.41, 5.74) is 5.56. The number of hydrogen-bond donors (Lipinski definition) is 2. The summed E-state index contributed by atoms with van der Waals surface area (Å²) < 4.78 is 46.9. The second kappa shape index (κ2) is 20.8. The fourth-order valence-electron chi connectivity index (χ4n) is 7.41. The Labute approximate surface area is 348 Å². The molecule has 2 aliphatic rings. The molecule has 0 saturated heterocycles. The van der Waals surface area contributed by atoms with Gasteiger partial charge < -0.3 is 48.1 Å². The van der Waals surface area contributed by atoms with Crippen LogP contribution < -0.4 is 14.2 Å². The number of aliphatic hydroxyl groups excluding tert-OH is 2. The third-order valence-corrected chi connectivity index (χ3v) is 10.3. The van der Waals surface area contributed by atoms with E-state index in [0.717, 1.165) is 44.2 Å². The minimum absolute atomic E-state index is 0.0212. The average molecular weight is 825 g/mol. The molecule has 5 aromatic carbocycles. The summed E-state index contributed by atoms with van der Waals surface area (Å²) in [5, 5.41) is 19.6. The Morgan fingerprint density at radius 1 is 0.610 bits per heavy atom. The monoisotopic (exact) mass is 824 g/mol. The number of ether oxygens (including phenoxy) is 8. The Bertz CT molecular complexity index is 2120. The first-order chi connectivity index (χ1) is 29.1. The lowest BCUT2D eigenvalue weighted by molar-refractivity contribution is 0.0247. The minimum atomic E-state index is -1.12. The normalized spacial score (nSPS) is 13.2. The maximum Gasteiger partial charge on any atom is 0.339 e. The molecule has 0 bridgehead atoms. The lowest BCUT2D eigenvalue weighted by atomic mass is 9.81. The molecule has 0 saturated carbocycles. The first kappa shape index (κ1) is 42.2. The number of benzene rings is 5. The summed E-state index contributed by atoms with van der Waals surface area (Å²) >= 11 is 5.97. The van der Waals surface area contributed by atoms with Gasteiger partial charge in [0.05, 0.1) is 78.2 Å². The highest BCUT2D eigenvalue weighted by molar-refractivity contribution is 6.23. The van der Waals surface area contributed by atoms with Gasteiger partial charge in [0, 0.05) is 38.9 Å². The number of alkyl halides is 1. The quantitative estimate of drug-likeness (QED) is 0.0359. The smallest absolute Gasteiger partial charge is 0.339 e. The fourth-order valence-corrected chi connectivity index (χ4v) is 7.52. The average Bonchev–Trinajstić information content (AvgIpc) is 3.61. The number of carbonyl (C=O) groups excluding carboxylic acids is 1. The number of esters is 1. The van der Waals surface area contributed by atoms with Crippen molar-refractivity contribution in [3.05, 3.63) is 119 Å². The van der Waals surface area contributed by atoms with Gasteiger partial charge >= 0.3 is 5.97 Å². The molecule has 2 N–H and O–H groups in total. The number of rotatable bonds is 24. The summed E-state index contributed by atoms with van der Waals surface area (Å²) in [6.07, 6.45) is 4.52. The number of halogens is 1. The molecule has 12 heteroatoms. The van der Waals surface area contributed by atoms with Crippen molar-refractivity contribution in [3.8, 4) is 39.5 Å². The molecule has 59 heavy (non-hydrogen) atoms. The summed E-state index contributed by atoms with van der Waals surface area (Å²) in [6.45, 7) is 3.81. The molecule has 1 heterocycles. The molecule has 1 aliphatic carbocycles. The molecule has 0 unspecified atom stereocenters. The molecular weight excluding hydrogens is 776 g/mol. The molecular formula is C47H49ClO11. The van der Waals surface area contributed by atoms with Crippen molar-refractivity contribution >= 4 is 34.4 Å². The highest BCUT2D eigenvalue weighted by Gasteiger charge is 2.41. The Morgan fingerprint density at radius 2 is 1.15 bits per heavy atom. The first-order valence-corrected chi connectivity index (χ1v) is 20.5. The molecule has 310 valence electrons. The van der Waals surface area contributed by atoms with E-state index in [1.54, 1.807) is 0 Å². The standard InChI is InChI=1S/C47H49ClO11/c48-19-4-22-58-46(51)44-41-17-18-47(33-9-13-35(14-10-33)56-31-29-54-27-25-52-23-20-49,34-11-15-36(16-12-34)57-32-30-55-28-26-53-24-21-50)59-45(41)40-8-3-7-38-37-5-1-2-6-39(37)43(44)42(38)40/h1-3,5-18,49-50H,4,19-32H2. The summed E-state index contributed by atoms with van der Waals surface area (Å²) in [4.78, 5) is 14.2. The van der Waals surface area contributed by atoms with Crippen molar-refractivity contribution in [2.75, 3.05) is 91.8 Å². The molecule has 0 radical (unpaired) electrons. The van der Waals surface area contributed by atoms with Crippen LogP contribution in [0.4, 0.5) is 0 Å². The Balaban J connectivity index is 1.21. The maximum absolute atomic E-state index is 14.2. The summed E-state index contributed by atoms with van der Waals surface area (Å²) in [6, 6.07) is 29.9. The van der Waals surface area contributed by atoms with Crippen molar-refractivity contribution < 1.29 is 52.9 Å². The van der Waals surface area contributed by atoms with E-state index in [0.29, 0.717) is 93.5 Å². The van der Waals surface area contributed by atoms with Crippen LogP contribution >= 0.6 is 11.6 Å². The molecule has 1 aliphatic heterocycles. The van der Waals surface area contributed by atoms with Crippen LogP contribution in [0.15, 0.2) is 97.1 Å². The second-order valence-corrected chi connectivity index (χ2v) is 14.1. The zero-order valence-corrected chi connectivity index (χ0v) is 33.6. The van der Waals surface area contributed by atoms with Gasteiger partial charge in [0.25, 0.3) is 0 Å². The van der Waals surface area contributed by atoms with Gasteiger partial charge in [0.15, 0.2) is 5.60 Å². The Hall–Kier alpha value is -4.98. The topological polar surface area (TPSA) is 131 Å². The molecule has 0 amide bonds. The molecule has 7 rings (SSSR count). The van der Waals surface area contributed by atoms with Crippen LogP contribution in [0.1, 0.15) is 33.5 Å². The van der Waals surface area contributed by atoms with Crippen molar-refractivity contribution in [1.29, 1.82) is 0 Å². The van der Waals surface area contributed by atoms with Crippen molar-refractivity contribution in [1.82, 2.24) is 0 Å². The third-order valence-electron chi connectivity index (χ3n) is 10.0. The van der Waals surface area contributed by atoms with E-state index in [1.807, 2.05) is 78.9 Å². The van der Waals surface area contributed by atoms with E-state index in [2.05, 4.69) is 24.3 Å². The maximum atomic E-state index is 14.2. The zero-order chi connectivity index (χ0) is 40.9. The lowest BCUT2D eigenvalue weighted by Crippen LogP contribution is -2.34. The highest BCUT2D eigenvalue weighted by atomic mass is 35.5. The summed E-state index contributed by atoms with van der Waals surface area (Å²) in [7, 11) is 0. The van der Waals surface area contributed by atoms with E-state index in [9.17, 15) is 4.79 Å². The van der Waals surface area contributed by atoms with Crippen LogP contribution in [0.2, 0.25) is 0 Å². The van der Waals surface area contributed by atoms with Gasteiger partial charge in [-0.2, -0.15) is 0 Å². The predicted molar refractivity (Wildman–Crippen MR) is 226 cm³/mol. The molecule has 5 aromatic rings. The van der Waals surface area contributed by atoms with E-state index >= 15 is 0 Å². The molecule has 0 spiro atoms. The van der Waals surface area contributed by atoms with E-state index < -0.39 is 11.6 Å². The number of hydrogen-bond acceptors (Lipinski definition) is 11. The third kappa shape index (κ3) is 9.58. The van der Waals surface area contributed by atoms with E-state index in [4.69, 9.17) is 59.7 Å². The van der Waals surface area contributed by atoms with E-state index in [1.165, 1.54) is 0 Å². The number of fused-ring (bicyclic) bond motifs is 5. The van der Waals surface area contributed by atoms with Crippen molar-refractivity contribution in [2.24, 2.45) is 0 Å². The van der Waals surface area contributed by atoms with Gasteiger partial charge in [0.1, 0.15) is 30.5 Å². The van der Waals surface area contributed by atoms with Gasteiger partial charge in [0.2, 0.25) is 0 Å². The predicted octanol–water partition coefficient (Wildman–Crippen LogP) is 7.43. The second-order valence-electron chi connectivity index (χ2n) is 13.8. The van der Waals surface area contributed by atoms with Crippen LogP contribution in [0.5, 0.6) is 17.2 Å². The molecule has 0 fully saturated rings. The molecule has 11 nitrogen and oxygen atoms in total. The Kier molecular flexibility index (Phi) is 14.9. The lowest BCUT2D eigenvalue weighted by Gasteiger charge is -2.37. The van der Waals surface area contributed by atoms with Crippen molar-refractivity contribution in [2.45, 2.75) is 12.0 Å².